The van der Waals surface area contributed by atoms with Gasteiger partial charge in [0.1, 0.15) is 0 Å². The Labute approximate surface area is 69.1 Å². The molecule has 1 unspecified atom stereocenters. The average Bonchev–Trinajstić information content (AvgIpc) is 2.09. The van der Waals surface area contributed by atoms with E-state index in [1.807, 2.05) is 6.92 Å². The van der Waals surface area contributed by atoms with Crippen LogP contribution in [0, 0.1) is 10.8 Å². The molecule has 0 aliphatic heterocycles. The van der Waals surface area contributed by atoms with Crippen molar-refractivity contribution in [3.8, 4) is 0 Å². The van der Waals surface area contributed by atoms with Gasteiger partial charge in [-0.3, -0.25) is 0 Å². The van der Waals surface area contributed by atoms with Gasteiger partial charge in [-0.05, 0) is 18.8 Å². The molecule has 0 saturated carbocycles. The first-order chi connectivity index (χ1) is 4.90. The molecule has 0 saturated heterocycles. The van der Waals surface area contributed by atoms with Crippen molar-refractivity contribution in [1.29, 1.82) is 0 Å². The van der Waals surface area contributed by atoms with Crippen LogP contribution in [0.5, 0.6) is 0 Å². The Balaban J connectivity index is 2.90. The minimum Gasteiger partial charge on any atom is -0.393 e. The smallest absolute Gasteiger partial charge is 0.0576 e. The lowest BCUT2D eigenvalue weighted by Gasteiger charge is -2.40. The zero-order valence-corrected chi connectivity index (χ0v) is 7.89. The van der Waals surface area contributed by atoms with Crippen LogP contribution in [-0.2, 0) is 0 Å². The molecule has 1 aliphatic carbocycles. The average molecular weight is 154 g/mol. The molecule has 1 rings (SSSR count). The first-order valence-electron chi connectivity index (χ1n) is 4.26. The van der Waals surface area contributed by atoms with Crippen LogP contribution in [0.4, 0.5) is 0 Å². The summed E-state index contributed by atoms with van der Waals surface area (Å²) in [5.74, 6) is 0. The van der Waals surface area contributed by atoms with E-state index >= 15 is 0 Å². The first kappa shape index (κ1) is 8.79. The summed E-state index contributed by atoms with van der Waals surface area (Å²) in [7, 11) is 0. The highest BCUT2D eigenvalue weighted by Gasteiger charge is 2.44. The fourth-order valence-electron chi connectivity index (χ4n) is 1.76. The largest absolute Gasteiger partial charge is 0.393 e. The van der Waals surface area contributed by atoms with Gasteiger partial charge in [0.25, 0.3) is 0 Å². The molecule has 0 spiro atoms. The second-order valence-corrected chi connectivity index (χ2v) is 4.42. The molecular formula is C10H18O. The molecule has 0 radical (unpaired) electrons. The van der Waals surface area contributed by atoms with Gasteiger partial charge in [0.05, 0.1) is 6.10 Å². The molecule has 0 aromatic heterocycles. The summed E-state index contributed by atoms with van der Waals surface area (Å²) >= 11 is 0. The predicted molar refractivity (Wildman–Crippen MR) is 47.3 cm³/mol. The number of aliphatic hydroxyl groups excluding tert-OH is 1. The van der Waals surface area contributed by atoms with Crippen molar-refractivity contribution in [3.05, 3.63) is 12.2 Å². The quantitative estimate of drug-likeness (QED) is 0.575. The minimum absolute atomic E-state index is 0.0347. The SMILES string of the molecule is C[C@H](O)C1(C)CC=CC1(C)C. The van der Waals surface area contributed by atoms with Crippen LogP contribution < -0.4 is 0 Å². The molecule has 0 heterocycles. The van der Waals surface area contributed by atoms with E-state index in [0.29, 0.717) is 0 Å². The van der Waals surface area contributed by atoms with Gasteiger partial charge in [0.2, 0.25) is 0 Å². The van der Waals surface area contributed by atoms with Crippen LogP contribution in [-0.4, -0.2) is 11.2 Å². The monoisotopic (exact) mass is 154 g/mol. The van der Waals surface area contributed by atoms with E-state index in [0.717, 1.165) is 6.42 Å². The number of rotatable bonds is 1. The van der Waals surface area contributed by atoms with Crippen LogP contribution in [0.3, 0.4) is 0 Å². The number of aliphatic hydroxyl groups is 1. The highest BCUT2D eigenvalue weighted by atomic mass is 16.3. The van der Waals surface area contributed by atoms with E-state index in [2.05, 4.69) is 32.9 Å². The van der Waals surface area contributed by atoms with E-state index in [-0.39, 0.29) is 16.9 Å². The van der Waals surface area contributed by atoms with Crippen LogP contribution in [0.1, 0.15) is 34.1 Å². The maximum atomic E-state index is 9.61. The lowest BCUT2D eigenvalue weighted by Crippen LogP contribution is -2.39. The topological polar surface area (TPSA) is 20.2 Å². The molecule has 11 heavy (non-hydrogen) atoms. The van der Waals surface area contributed by atoms with Gasteiger partial charge in [0, 0.05) is 5.41 Å². The van der Waals surface area contributed by atoms with Crippen molar-refractivity contribution in [2.24, 2.45) is 10.8 Å². The maximum Gasteiger partial charge on any atom is 0.0576 e. The molecule has 1 aliphatic rings. The van der Waals surface area contributed by atoms with Crippen molar-refractivity contribution in [2.45, 2.75) is 40.2 Å². The van der Waals surface area contributed by atoms with Crippen molar-refractivity contribution in [2.75, 3.05) is 0 Å². The Morgan fingerprint density at radius 3 is 2.09 bits per heavy atom. The van der Waals surface area contributed by atoms with Crippen LogP contribution >= 0.6 is 0 Å². The Morgan fingerprint density at radius 2 is 1.91 bits per heavy atom. The third kappa shape index (κ3) is 1.12. The van der Waals surface area contributed by atoms with E-state index in [4.69, 9.17) is 0 Å². The van der Waals surface area contributed by atoms with E-state index in [1.165, 1.54) is 0 Å². The highest BCUT2D eigenvalue weighted by Crippen LogP contribution is 2.49. The van der Waals surface area contributed by atoms with Crippen LogP contribution in [0.25, 0.3) is 0 Å². The van der Waals surface area contributed by atoms with Crippen molar-refractivity contribution < 1.29 is 5.11 Å². The molecule has 64 valence electrons. The standard InChI is InChI=1S/C10H18O/c1-8(11)10(4)7-5-6-9(10,2)3/h5-6,8,11H,7H2,1-4H3/t8-,10?/m0/s1. The third-order valence-corrected chi connectivity index (χ3v) is 3.47. The third-order valence-electron chi connectivity index (χ3n) is 3.47. The number of allylic oxidation sites excluding steroid dienone is 2. The van der Waals surface area contributed by atoms with Gasteiger partial charge >= 0.3 is 0 Å². The predicted octanol–water partition coefficient (Wildman–Crippen LogP) is 2.36. The molecule has 0 fully saturated rings. The summed E-state index contributed by atoms with van der Waals surface area (Å²) in [6, 6.07) is 0. The summed E-state index contributed by atoms with van der Waals surface area (Å²) < 4.78 is 0. The molecule has 0 bridgehead atoms. The molecule has 0 aromatic carbocycles. The Kier molecular flexibility index (Phi) is 1.87. The Bertz CT molecular complexity index is 179. The van der Waals surface area contributed by atoms with Gasteiger partial charge < -0.3 is 5.11 Å². The second kappa shape index (κ2) is 2.34. The summed E-state index contributed by atoms with van der Waals surface area (Å²) in [5.41, 5.74) is 0.175. The highest BCUT2D eigenvalue weighted by molar-refractivity contribution is 5.14. The van der Waals surface area contributed by atoms with Gasteiger partial charge in [-0.1, -0.05) is 32.9 Å². The zero-order valence-electron chi connectivity index (χ0n) is 7.89. The molecule has 1 N–H and O–H groups in total. The van der Waals surface area contributed by atoms with Gasteiger partial charge in [-0.15, -0.1) is 0 Å². The van der Waals surface area contributed by atoms with Crippen molar-refractivity contribution in [1.82, 2.24) is 0 Å². The summed E-state index contributed by atoms with van der Waals surface area (Å²) in [5, 5.41) is 9.61. The lowest BCUT2D eigenvalue weighted by atomic mass is 9.66. The molecule has 0 aromatic rings. The lowest BCUT2D eigenvalue weighted by molar-refractivity contribution is -0.00435. The molecular weight excluding hydrogens is 136 g/mol. The van der Waals surface area contributed by atoms with Crippen LogP contribution in [0.2, 0.25) is 0 Å². The Morgan fingerprint density at radius 1 is 1.36 bits per heavy atom. The van der Waals surface area contributed by atoms with E-state index in [1.54, 1.807) is 0 Å². The first-order valence-corrected chi connectivity index (χ1v) is 4.26. The van der Waals surface area contributed by atoms with Crippen molar-refractivity contribution >= 4 is 0 Å². The second-order valence-electron chi connectivity index (χ2n) is 4.42. The fraction of sp³-hybridized carbons (Fsp3) is 0.800. The van der Waals surface area contributed by atoms with Crippen LogP contribution in [0.15, 0.2) is 12.2 Å². The van der Waals surface area contributed by atoms with Gasteiger partial charge in [0.15, 0.2) is 0 Å². The normalized spacial score (nSPS) is 37.5. The molecule has 1 heteroatoms. The number of hydrogen-bond donors (Lipinski definition) is 1. The number of hydrogen-bond acceptors (Lipinski definition) is 1. The fourth-order valence-corrected chi connectivity index (χ4v) is 1.76. The minimum atomic E-state index is -0.229. The van der Waals surface area contributed by atoms with Crippen molar-refractivity contribution in [3.63, 3.8) is 0 Å². The summed E-state index contributed by atoms with van der Waals surface area (Å²) in [4.78, 5) is 0. The summed E-state index contributed by atoms with van der Waals surface area (Å²) in [6.07, 6.45) is 5.15. The summed E-state index contributed by atoms with van der Waals surface area (Å²) in [6.45, 7) is 8.40. The van der Waals surface area contributed by atoms with Gasteiger partial charge in [-0.25, -0.2) is 0 Å². The van der Waals surface area contributed by atoms with E-state index < -0.39 is 0 Å². The zero-order chi connectivity index (χ0) is 8.70. The molecule has 2 atom stereocenters. The maximum absolute atomic E-state index is 9.61. The van der Waals surface area contributed by atoms with Gasteiger partial charge in [-0.2, -0.15) is 0 Å². The van der Waals surface area contributed by atoms with E-state index in [9.17, 15) is 5.11 Å². The molecule has 0 amide bonds. The molecule has 1 nitrogen and oxygen atoms in total. The Hall–Kier alpha value is -0.300.